The molecule has 1 rings (SSSR count). The maximum Gasteiger partial charge on any atom is 0.326 e. The number of hydrogen-bond acceptors (Lipinski definition) is 4. The van der Waals surface area contributed by atoms with E-state index in [0.29, 0.717) is 0 Å². The highest BCUT2D eigenvalue weighted by molar-refractivity contribution is 7.87. The van der Waals surface area contributed by atoms with E-state index in [2.05, 4.69) is 0 Å². The average molecular weight is 281 g/mol. The quantitative estimate of drug-likeness (QED) is 0.755. The van der Waals surface area contributed by atoms with Crippen molar-refractivity contribution >= 4 is 22.1 Å². The number of carboxylic acid groups (broad SMARTS) is 1. The molecule has 8 heteroatoms. The molecular formula is C10H16FNO5S. The van der Waals surface area contributed by atoms with Gasteiger partial charge in [0.1, 0.15) is 11.3 Å². The number of aliphatic carboxylic acids is 1. The van der Waals surface area contributed by atoms with Gasteiger partial charge >= 0.3 is 16.2 Å². The molecule has 0 aromatic heterocycles. The van der Waals surface area contributed by atoms with Crippen LogP contribution in [-0.4, -0.2) is 48.1 Å². The zero-order chi connectivity index (χ0) is 14.3. The van der Waals surface area contributed by atoms with E-state index in [4.69, 9.17) is 5.11 Å². The predicted octanol–water partition coefficient (Wildman–Crippen LogP) is 0.386. The molecule has 104 valence electrons. The lowest BCUT2D eigenvalue weighted by molar-refractivity contribution is -0.153. The SMILES string of the molecule is CC(C)(C)C(C(=O)O)N1CC(S(=O)(=O)F)CC1=O. The molecule has 1 aliphatic heterocycles. The highest BCUT2D eigenvalue weighted by Gasteiger charge is 2.47. The molecule has 0 radical (unpaired) electrons. The molecule has 1 amide bonds. The van der Waals surface area contributed by atoms with Crippen molar-refractivity contribution in [2.45, 2.75) is 38.5 Å². The molecule has 0 aromatic rings. The molecule has 2 atom stereocenters. The summed E-state index contributed by atoms with van der Waals surface area (Å²) in [7, 11) is -4.83. The van der Waals surface area contributed by atoms with Gasteiger partial charge in [-0.1, -0.05) is 20.8 Å². The summed E-state index contributed by atoms with van der Waals surface area (Å²) in [6, 6.07) is -1.17. The van der Waals surface area contributed by atoms with Crippen LogP contribution in [0.3, 0.4) is 0 Å². The highest BCUT2D eigenvalue weighted by atomic mass is 32.3. The fraction of sp³-hybridized carbons (Fsp3) is 0.800. The molecule has 0 aliphatic carbocycles. The van der Waals surface area contributed by atoms with Crippen molar-refractivity contribution in [1.29, 1.82) is 0 Å². The number of nitrogens with zero attached hydrogens (tertiary/aromatic N) is 1. The first kappa shape index (κ1) is 14.9. The summed E-state index contributed by atoms with van der Waals surface area (Å²) >= 11 is 0. The first-order valence-electron chi connectivity index (χ1n) is 5.40. The molecule has 0 bridgehead atoms. The van der Waals surface area contributed by atoms with Crippen molar-refractivity contribution < 1.29 is 27.0 Å². The van der Waals surface area contributed by atoms with Crippen molar-refractivity contribution in [2.75, 3.05) is 6.54 Å². The van der Waals surface area contributed by atoms with Gasteiger partial charge in [0.2, 0.25) is 5.91 Å². The summed E-state index contributed by atoms with van der Waals surface area (Å²) in [5, 5.41) is 7.68. The third kappa shape index (κ3) is 2.98. The fourth-order valence-electron chi connectivity index (χ4n) is 2.11. The van der Waals surface area contributed by atoms with Crippen LogP contribution < -0.4 is 0 Å². The summed E-state index contributed by atoms with van der Waals surface area (Å²) < 4.78 is 34.4. The molecule has 2 unspecified atom stereocenters. The van der Waals surface area contributed by atoms with Crippen LogP contribution >= 0.6 is 0 Å². The number of halogens is 1. The minimum atomic E-state index is -4.83. The number of carbonyl (C=O) groups excluding carboxylic acids is 1. The fourth-order valence-corrected chi connectivity index (χ4v) is 2.79. The van der Waals surface area contributed by atoms with Gasteiger partial charge in [-0.05, 0) is 5.41 Å². The molecule has 1 N–H and O–H groups in total. The summed E-state index contributed by atoms with van der Waals surface area (Å²) in [5.74, 6) is -1.88. The van der Waals surface area contributed by atoms with E-state index in [0.717, 1.165) is 4.90 Å². The van der Waals surface area contributed by atoms with E-state index in [9.17, 15) is 21.9 Å². The zero-order valence-corrected chi connectivity index (χ0v) is 11.2. The number of carbonyl (C=O) groups is 2. The molecule has 1 fully saturated rings. The lowest BCUT2D eigenvalue weighted by Gasteiger charge is -2.34. The van der Waals surface area contributed by atoms with E-state index in [1.807, 2.05) is 0 Å². The molecule has 6 nitrogen and oxygen atoms in total. The Kier molecular flexibility index (Phi) is 3.71. The Hall–Kier alpha value is -1.18. The summed E-state index contributed by atoms with van der Waals surface area (Å²) in [5.41, 5.74) is -0.767. The largest absolute Gasteiger partial charge is 0.480 e. The van der Waals surface area contributed by atoms with Gasteiger partial charge in [0.05, 0.1) is 0 Å². The van der Waals surface area contributed by atoms with Gasteiger partial charge in [-0.3, -0.25) is 4.79 Å². The Labute approximate surface area is 105 Å². The maximum atomic E-state index is 12.8. The van der Waals surface area contributed by atoms with Crippen LogP contribution in [0.2, 0.25) is 0 Å². The second-order valence-corrected chi connectivity index (χ2v) is 7.07. The van der Waals surface area contributed by atoms with Crippen molar-refractivity contribution in [1.82, 2.24) is 4.90 Å². The van der Waals surface area contributed by atoms with E-state index in [-0.39, 0.29) is 0 Å². The Morgan fingerprint density at radius 2 is 2.00 bits per heavy atom. The van der Waals surface area contributed by atoms with E-state index in [1.54, 1.807) is 20.8 Å². The van der Waals surface area contributed by atoms with Gasteiger partial charge in [-0.2, -0.15) is 8.42 Å². The number of likely N-dealkylation sites (tertiary alicyclic amines) is 1. The van der Waals surface area contributed by atoms with Crippen LogP contribution in [0.5, 0.6) is 0 Å². The Morgan fingerprint density at radius 3 is 2.28 bits per heavy atom. The van der Waals surface area contributed by atoms with Crippen LogP contribution in [0.15, 0.2) is 0 Å². The van der Waals surface area contributed by atoms with Crippen LogP contribution in [0.1, 0.15) is 27.2 Å². The van der Waals surface area contributed by atoms with Crippen LogP contribution in [0.4, 0.5) is 3.89 Å². The topological polar surface area (TPSA) is 91.8 Å². The molecule has 0 saturated carbocycles. The minimum Gasteiger partial charge on any atom is -0.480 e. The Balaban J connectivity index is 3.04. The molecule has 1 heterocycles. The van der Waals surface area contributed by atoms with E-state index < -0.39 is 51.8 Å². The Bertz CT molecular complexity index is 467. The average Bonchev–Trinajstić information content (AvgIpc) is 2.44. The van der Waals surface area contributed by atoms with Gasteiger partial charge < -0.3 is 10.0 Å². The zero-order valence-electron chi connectivity index (χ0n) is 10.4. The summed E-state index contributed by atoms with van der Waals surface area (Å²) in [6.45, 7) is 4.45. The molecular weight excluding hydrogens is 265 g/mol. The third-order valence-electron chi connectivity index (χ3n) is 2.89. The molecule has 0 spiro atoms. The van der Waals surface area contributed by atoms with Crippen LogP contribution in [0.25, 0.3) is 0 Å². The number of amides is 1. The summed E-state index contributed by atoms with van der Waals surface area (Å²) in [6.07, 6.45) is -0.501. The monoisotopic (exact) mass is 281 g/mol. The van der Waals surface area contributed by atoms with Gasteiger partial charge in [-0.25, -0.2) is 4.79 Å². The maximum absolute atomic E-state index is 12.8. The normalized spacial score (nSPS) is 23.2. The second kappa shape index (κ2) is 4.49. The van der Waals surface area contributed by atoms with Crippen LogP contribution in [-0.2, 0) is 19.8 Å². The van der Waals surface area contributed by atoms with Crippen molar-refractivity contribution in [3.63, 3.8) is 0 Å². The molecule has 18 heavy (non-hydrogen) atoms. The lowest BCUT2D eigenvalue weighted by Crippen LogP contribution is -2.50. The smallest absolute Gasteiger partial charge is 0.326 e. The highest BCUT2D eigenvalue weighted by Crippen LogP contribution is 2.30. The van der Waals surface area contributed by atoms with Gasteiger partial charge in [0, 0.05) is 13.0 Å². The first-order valence-corrected chi connectivity index (χ1v) is 6.85. The van der Waals surface area contributed by atoms with Gasteiger partial charge in [0.15, 0.2) is 0 Å². The van der Waals surface area contributed by atoms with Gasteiger partial charge in [0.25, 0.3) is 0 Å². The lowest BCUT2D eigenvalue weighted by atomic mass is 9.86. The van der Waals surface area contributed by atoms with Crippen LogP contribution in [0, 0.1) is 5.41 Å². The first-order chi connectivity index (χ1) is 7.94. The molecule has 1 saturated heterocycles. The van der Waals surface area contributed by atoms with Crippen molar-refractivity contribution in [3.8, 4) is 0 Å². The minimum absolute atomic E-state index is 0.411. The molecule has 1 aliphatic rings. The van der Waals surface area contributed by atoms with Crippen molar-refractivity contribution in [3.05, 3.63) is 0 Å². The Morgan fingerprint density at radius 1 is 1.50 bits per heavy atom. The van der Waals surface area contributed by atoms with Crippen molar-refractivity contribution in [2.24, 2.45) is 5.41 Å². The third-order valence-corrected chi connectivity index (χ3v) is 4.00. The summed E-state index contributed by atoms with van der Waals surface area (Å²) in [4.78, 5) is 23.8. The van der Waals surface area contributed by atoms with Gasteiger partial charge in [-0.15, -0.1) is 3.89 Å². The van der Waals surface area contributed by atoms with E-state index >= 15 is 0 Å². The predicted molar refractivity (Wildman–Crippen MR) is 61.0 cm³/mol. The number of carboxylic acids is 1. The standard InChI is InChI=1S/C10H16FNO5S/c1-10(2,3)8(9(14)15)12-5-6(4-7(12)13)18(11,16)17/h6,8H,4-5H2,1-3H3,(H,14,15). The number of rotatable bonds is 3. The number of hydrogen-bond donors (Lipinski definition) is 1. The van der Waals surface area contributed by atoms with E-state index in [1.165, 1.54) is 0 Å². The molecule has 0 aromatic carbocycles. The second-order valence-electron chi connectivity index (χ2n) is 5.45.